The van der Waals surface area contributed by atoms with E-state index in [1.54, 1.807) is 25.1 Å². The van der Waals surface area contributed by atoms with Crippen molar-refractivity contribution >= 4 is 34.8 Å². The summed E-state index contributed by atoms with van der Waals surface area (Å²) >= 11 is 1.08. The summed E-state index contributed by atoms with van der Waals surface area (Å²) in [6.45, 7) is 7.99. The van der Waals surface area contributed by atoms with Gasteiger partial charge in [-0.05, 0) is 49.1 Å². The van der Waals surface area contributed by atoms with Crippen LogP contribution in [0.2, 0.25) is 0 Å². The van der Waals surface area contributed by atoms with Crippen molar-refractivity contribution in [2.75, 3.05) is 6.61 Å². The number of nitrogens with zero attached hydrogens (tertiary/aromatic N) is 1. The van der Waals surface area contributed by atoms with Gasteiger partial charge >= 0.3 is 5.97 Å². The van der Waals surface area contributed by atoms with Crippen LogP contribution in [0.4, 0.5) is 0 Å². The summed E-state index contributed by atoms with van der Waals surface area (Å²) in [4.78, 5) is 29.7. The zero-order valence-corrected chi connectivity index (χ0v) is 18.8. The van der Waals surface area contributed by atoms with E-state index in [0.717, 1.165) is 22.9 Å². The molecular weight excluding hydrogens is 410 g/mol. The number of thioether (sulfide) groups is 1. The van der Waals surface area contributed by atoms with E-state index < -0.39 is 11.9 Å². The number of aliphatic imine (C=N–C) groups is 1. The fourth-order valence-electron chi connectivity index (χ4n) is 2.97. The number of esters is 1. The lowest BCUT2D eigenvalue weighted by atomic mass is 10.0. The number of ether oxygens (including phenoxy) is 1. The molecule has 160 valence electrons. The molecule has 2 aromatic rings. The molecule has 1 N–H and O–H groups in total. The van der Waals surface area contributed by atoms with E-state index in [4.69, 9.17) is 4.74 Å². The summed E-state index contributed by atoms with van der Waals surface area (Å²) < 4.78 is 5.08. The first-order valence-electron chi connectivity index (χ1n) is 10.1. The van der Waals surface area contributed by atoms with E-state index in [9.17, 15) is 14.7 Å². The Hall–Kier alpha value is -3.12. The summed E-state index contributed by atoms with van der Waals surface area (Å²) in [6.07, 6.45) is 1.77. The second kappa shape index (κ2) is 9.79. The zero-order valence-electron chi connectivity index (χ0n) is 18.0. The molecule has 0 saturated heterocycles. The summed E-state index contributed by atoms with van der Waals surface area (Å²) in [5, 5.41) is 10.9. The zero-order chi connectivity index (χ0) is 22.5. The molecule has 1 amide bonds. The van der Waals surface area contributed by atoms with Gasteiger partial charge in [0.15, 0.2) is 0 Å². The minimum absolute atomic E-state index is 0.0858. The maximum atomic E-state index is 12.6. The second-order valence-electron chi connectivity index (χ2n) is 7.46. The van der Waals surface area contributed by atoms with Gasteiger partial charge in [-0.15, -0.1) is 0 Å². The molecule has 0 fully saturated rings. The normalized spacial score (nSPS) is 16.4. The minimum Gasteiger partial charge on any atom is -0.506 e. The first-order chi connectivity index (χ1) is 14.8. The topological polar surface area (TPSA) is 76.0 Å². The molecule has 1 aliphatic rings. The Morgan fingerprint density at radius 2 is 1.74 bits per heavy atom. The van der Waals surface area contributed by atoms with Crippen LogP contribution in [0.15, 0.2) is 69.8 Å². The van der Waals surface area contributed by atoms with Gasteiger partial charge < -0.3 is 9.84 Å². The Labute approximate surface area is 186 Å². The third kappa shape index (κ3) is 5.33. The van der Waals surface area contributed by atoms with Gasteiger partial charge in [0.25, 0.3) is 5.91 Å². The smallest absolute Gasteiger partial charge is 0.344 e. The highest BCUT2D eigenvalue weighted by Crippen LogP contribution is 2.39. The van der Waals surface area contributed by atoms with Gasteiger partial charge in [0, 0.05) is 5.56 Å². The fraction of sp³-hybridized carbons (Fsp3) is 0.240. The molecule has 0 unspecified atom stereocenters. The van der Waals surface area contributed by atoms with Crippen LogP contribution in [0.3, 0.4) is 0 Å². The average Bonchev–Trinajstić information content (AvgIpc) is 3.03. The Balaban J connectivity index is 1.97. The van der Waals surface area contributed by atoms with Crippen molar-refractivity contribution in [2.24, 2.45) is 4.99 Å². The molecule has 0 aromatic heterocycles. The van der Waals surface area contributed by atoms with Crippen molar-refractivity contribution in [3.05, 3.63) is 87.0 Å². The molecule has 3 rings (SSSR count). The number of aryl methyl sites for hydroxylation is 1. The first kappa shape index (κ1) is 22.6. The quantitative estimate of drug-likeness (QED) is 0.599. The summed E-state index contributed by atoms with van der Waals surface area (Å²) in [6, 6.07) is 15.0. The molecule has 0 atom stereocenters. The van der Waals surface area contributed by atoms with Gasteiger partial charge in [0.05, 0.1) is 11.5 Å². The number of carbonyl (C=O) groups is 2. The molecule has 6 heteroatoms. The van der Waals surface area contributed by atoms with Crippen LogP contribution in [0.1, 0.15) is 53.7 Å². The van der Waals surface area contributed by atoms with Gasteiger partial charge in [0.1, 0.15) is 16.4 Å². The number of hydrogen-bond donors (Lipinski definition) is 1. The van der Waals surface area contributed by atoms with E-state index in [2.05, 4.69) is 18.8 Å². The number of rotatable bonds is 5. The molecule has 1 aliphatic heterocycles. The number of carbonyl (C=O) groups excluding carboxylic acids is 2. The van der Waals surface area contributed by atoms with Crippen LogP contribution in [-0.4, -0.2) is 28.6 Å². The molecule has 0 spiro atoms. The third-order valence-electron chi connectivity index (χ3n) is 4.77. The van der Waals surface area contributed by atoms with Gasteiger partial charge in [-0.1, -0.05) is 67.6 Å². The Kier molecular flexibility index (Phi) is 7.13. The van der Waals surface area contributed by atoms with Crippen molar-refractivity contribution in [1.29, 1.82) is 0 Å². The molecule has 5 nitrogen and oxygen atoms in total. The molecular formula is C25H25NO4S. The number of aliphatic hydroxyl groups is 1. The first-order valence-corrected chi connectivity index (χ1v) is 10.9. The van der Waals surface area contributed by atoms with E-state index in [0.29, 0.717) is 16.4 Å². The van der Waals surface area contributed by atoms with Gasteiger partial charge in [-0.25, -0.2) is 9.79 Å². The summed E-state index contributed by atoms with van der Waals surface area (Å²) in [5.74, 6) is -1.01. The largest absolute Gasteiger partial charge is 0.506 e. The lowest BCUT2D eigenvalue weighted by Gasteiger charge is -2.05. The minimum atomic E-state index is -0.707. The molecule has 0 bridgehead atoms. The number of hydrogen-bond acceptors (Lipinski definition) is 5. The summed E-state index contributed by atoms with van der Waals surface area (Å²) in [7, 11) is 0. The van der Waals surface area contributed by atoms with Crippen LogP contribution >= 0.6 is 11.8 Å². The Bertz CT molecular complexity index is 1080. The Morgan fingerprint density at radius 1 is 1.10 bits per heavy atom. The highest BCUT2D eigenvalue weighted by atomic mass is 32.2. The Morgan fingerprint density at radius 3 is 2.32 bits per heavy atom. The van der Waals surface area contributed by atoms with Crippen molar-refractivity contribution in [3.63, 3.8) is 0 Å². The van der Waals surface area contributed by atoms with Crippen molar-refractivity contribution in [2.45, 2.75) is 33.6 Å². The molecule has 2 aromatic carbocycles. The van der Waals surface area contributed by atoms with Crippen LogP contribution in [0.25, 0.3) is 6.08 Å². The van der Waals surface area contributed by atoms with E-state index in [1.807, 2.05) is 43.3 Å². The SMILES string of the molecule is CCOC(=O)C1=C(O)/C(=C/c2ccc(C(C)C)cc2)SC1=NC(=O)c1ccc(C)cc1. The lowest BCUT2D eigenvalue weighted by Crippen LogP contribution is -2.14. The van der Waals surface area contributed by atoms with Gasteiger partial charge in [-0.3, -0.25) is 4.79 Å². The average molecular weight is 436 g/mol. The van der Waals surface area contributed by atoms with Crippen LogP contribution in [0, 0.1) is 6.92 Å². The highest BCUT2D eigenvalue weighted by Gasteiger charge is 2.33. The monoisotopic (exact) mass is 435 g/mol. The predicted molar refractivity (Wildman–Crippen MR) is 125 cm³/mol. The number of benzene rings is 2. The van der Waals surface area contributed by atoms with Crippen molar-refractivity contribution in [3.8, 4) is 0 Å². The molecule has 0 aliphatic carbocycles. The number of aliphatic hydroxyl groups excluding tert-OH is 1. The standard InChI is InChI=1S/C25H25NO4S/c1-5-30-25(29)21-22(27)20(14-17-8-12-18(13-9-17)15(2)3)31-24(21)26-23(28)19-10-6-16(4)7-11-19/h6-15,27H,5H2,1-4H3/b20-14-,26-24?. The molecule has 1 heterocycles. The molecule has 0 saturated carbocycles. The van der Waals surface area contributed by atoms with E-state index >= 15 is 0 Å². The maximum Gasteiger partial charge on any atom is 0.344 e. The fourth-order valence-corrected chi connectivity index (χ4v) is 3.99. The van der Waals surface area contributed by atoms with Crippen molar-refractivity contribution in [1.82, 2.24) is 0 Å². The summed E-state index contributed by atoms with van der Waals surface area (Å²) in [5.41, 5.74) is 3.42. The van der Waals surface area contributed by atoms with Crippen LogP contribution < -0.4 is 0 Å². The van der Waals surface area contributed by atoms with Crippen molar-refractivity contribution < 1.29 is 19.4 Å². The molecule has 31 heavy (non-hydrogen) atoms. The lowest BCUT2D eigenvalue weighted by molar-refractivity contribution is -0.138. The maximum absolute atomic E-state index is 12.6. The van der Waals surface area contributed by atoms with Gasteiger partial charge in [-0.2, -0.15) is 0 Å². The van der Waals surface area contributed by atoms with Crippen LogP contribution in [-0.2, 0) is 9.53 Å². The van der Waals surface area contributed by atoms with E-state index in [-0.39, 0.29) is 23.0 Å². The predicted octanol–water partition coefficient (Wildman–Crippen LogP) is 5.82. The third-order valence-corrected chi connectivity index (χ3v) is 5.79. The molecule has 0 radical (unpaired) electrons. The van der Waals surface area contributed by atoms with Crippen LogP contribution in [0.5, 0.6) is 0 Å². The second-order valence-corrected chi connectivity index (χ2v) is 8.49. The van der Waals surface area contributed by atoms with Gasteiger partial charge in [0.2, 0.25) is 0 Å². The number of amides is 1. The van der Waals surface area contributed by atoms with E-state index in [1.165, 1.54) is 5.56 Å². The highest BCUT2D eigenvalue weighted by molar-refractivity contribution is 8.18.